The second kappa shape index (κ2) is 7.80. The third-order valence-electron chi connectivity index (χ3n) is 5.31. The van der Waals surface area contributed by atoms with E-state index in [1.54, 1.807) is 23.1 Å². The van der Waals surface area contributed by atoms with Gasteiger partial charge in [0.15, 0.2) is 0 Å². The topological polar surface area (TPSA) is 82.2 Å². The Kier molecular flexibility index (Phi) is 5.06. The number of amides is 2. The Morgan fingerprint density at radius 1 is 1.14 bits per heavy atom. The Morgan fingerprint density at radius 3 is 2.71 bits per heavy atom. The van der Waals surface area contributed by atoms with Crippen molar-refractivity contribution in [2.75, 3.05) is 13.1 Å². The fourth-order valence-electron chi connectivity index (χ4n) is 3.71. The fourth-order valence-corrected chi connectivity index (χ4v) is 3.71. The first-order valence-corrected chi connectivity index (χ1v) is 9.59. The van der Waals surface area contributed by atoms with Gasteiger partial charge in [-0.1, -0.05) is 37.3 Å². The maximum absolute atomic E-state index is 13.1. The molecule has 2 heterocycles. The van der Waals surface area contributed by atoms with E-state index in [-0.39, 0.29) is 17.9 Å². The highest BCUT2D eigenvalue weighted by molar-refractivity contribution is 5.97. The summed E-state index contributed by atoms with van der Waals surface area (Å²) >= 11 is 0. The number of carbonyl (C=O) groups is 2. The fraction of sp³-hybridized carbons (Fsp3) is 0.333. The van der Waals surface area contributed by atoms with E-state index < -0.39 is 0 Å². The summed E-state index contributed by atoms with van der Waals surface area (Å²) in [5.74, 6) is 0.0238. The molecule has 1 aliphatic heterocycles. The van der Waals surface area contributed by atoms with Crippen molar-refractivity contribution in [3.63, 3.8) is 0 Å². The Labute approximate surface area is 163 Å². The second-order valence-corrected chi connectivity index (χ2v) is 7.10. The molecule has 1 saturated heterocycles. The van der Waals surface area contributed by atoms with E-state index in [1.165, 1.54) is 0 Å². The normalized spacial score (nSPS) is 17.8. The summed E-state index contributed by atoms with van der Waals surface area (Å²) in [6, 6.07) is 15.3. The number of hydrogen-bond acceptors (Lipinski definition) is 4. The van der Waals surface area contributed by atoms with Gasteiger partial charge in [-0.05, 0) is 30.2 Å². The number of aromatic nitrogens is 3. The molecule has 0 radical (unpaired) electrons. The van der Waals surface area contributed by atoms with Crippen LogP contribution in [0.4, 0.5) is 0 Å². The molecule has 4 rings (SSSR count). The van der Waals surface area contributed by atoms with Gasteiger partial charge in [-0.2, -0.15) is 15.4 Å². The van der Waals surface area contributed by atoms with Gasteiger partial charge in [-0.3, -0.25) is 9.59 Å². The smallest absolute Gasteiger partial charge is 0.254 e. The van der Waals surface area contributed by atoms with Crippen LogP contribution in [0.15, 0.2) is 48.5 Å². The molecular formula is C21H23N5O2. The zero-order valence-electron chi connectivity index (χ0n) is 15.8. The quantitative estimate of drug-likeness (QED) is 0.758. The average Bonchev–Trinajstić information content (AvgIpc) is 3.14. The van der Waals surface area contributed by atoms with Gasteiger partial charge >= 0.3 is 0 Å². The van der Waals surface area contributed by atoms with Gasteiger partial charge in [0.25, 0.3) is 5.91 Å². The number of nitrogens with zero attached hydrogens (tertiary/aromatic N) is 4. The Hall–Kier alpha value is -3.22. The summed E-state index contributed by atoms with van der Waals surface area (Å²) < 4.78 is 0. The van der Waals surface area contributed by atoms with Gasteiger partial charge in [0.05, 0.1) is 0 Å². The molecule has 2 aromatic carbocycles. The predicted molar refractivity (Wildman–Crippen MR) is 105 cm³/mol. The van der Waals surface area contributed by atoms with Crippen LogP contribution in [0.5, 0.6) is 0 Å². The van der Waals surface area contributed by atoms with Crippen LogP contribution in [0.25, 0.3) is 11.0 Å². The van der Waals surface area contributed by atoms with Crippen molar-refractivity contribution in [1.82, 2.24) is 25.2 Å². The van der Waals surface area contributed by atoms with E-state index in [1.807, 2.05) is 35.2 Å². The van der Waals surface area contributed by atoms with Crippen LogP contribution in [-0.2, 0) is 11.3 Å². The van der Waals surface area contributed by atoms with E-state index in [2.05, 4.69) is 22.3 Å². The number of carbonyl (C=O) groups excluding carboxylic acids is 2. The van der Waals surface area contributed by atoms with Crippen LogP contribution >= 0.6 is 0 Å². The molecule has 2 amide bonds. The highest BCUT2D eigenvalue weighted by Gasteiger charge is 2.31. The van der Waals surface area contributed by atoms with Crippen LogP contribution in [0, 0.1) is 0 Å². The van der Waals surface area contributed by atoms with E-state index in [0.29, 0.717) is 37.1 Å². The molecule has 0 unspecified atom stereocenters. The molecule has 144 valence electrons. The van der Waals surface area contributed by atoms with E-state index in [0.717, 1.165) is 17.5 Å². The zero-order chi connectivity index (χ0) is 19.5. The summed E-state index contributed by atoms with van der Waals surface area (Å²) in [4.78, 5) is 29.6. The highest BCUT2D eigenvalue weighted by Crippen LogP contribution is 2.20. The lowest BCUT2D eigenvalue weighted by atomic mass is 10.1. The monoisotopic (exact) mass is 377 g/mol. The molecule has 7 nitrogen and oxygen atoms in total. The number of nitrogens with one attached hydrogen (secondary N) is 1. The summed E-state index contributed by atoms with van der Waals surface area (Å²) in [6.07, 6.45) is 1.13. The van der Waals surface area contributed by atoms with E-state index >= 15 is 0 Å². The minimum atomic E-state index is -0.0716. The Morgan fingerprint density at radius 2 is 1.93 bits per heavy atom. The van der Waals surface area contributed by atoms with Gasteiger partial charge in [0.2, 0.25) is 5.91 Å². The Balaban J connectivity index is 1.54. The molecule has 1 aliphatic rings. The van der Waals surface area contributed by atoms with E-state index in [4.69, 9.17) is 0 Å². The first-order valence-electron chi connectivity index (χ1n) is 9.59. The van der Waals surface area contributed by atoms with Gasteiger partial charge < -0.3 is 9.80 Å². The molecule has 28 heavy (non-hydrogen) atoms. The summed E-state index contributed by atoms with van der Waals surface area (Å²) in [5, 5.41) is 10.6. The number of H-pyrrole nitrogens is 1. The van der Waals surface area contributed by atoms with Crippen molar-refractivity contribution in [2.45, 2.75) is 32.4 Å². The predicted octanol–water partition coefficient (Wildman–Crippen LogP) is 2.61. The number of benzene rings is 2. The molecule has 0 spiro atoms. The third kappa shape index (κ3) is 3.60. The molecule has 7 heteroatoms. The first kappa shape index (κ1) is 18.2. The molecule has 0 aliphatic carbocycles. The van der Waals surface area contributed by atoms with Crippen molar-refractivity contribution >= 4 is 22.8 Å². The Bertz CT molecular complexity index is 985. The van der Waals surface area contributed by atoms with Crippen molar-refractivity contribution in [3.8, 4) is 0 Å². The lowest BCUT2D eigenvalue weighted by Gasteiger charge is -2.31. The average molecular weight is 377 g/mol. The zero-order valence-corrected chi connectivity index (χ0v) is 15.8. The van der Waals surface area contributed by atoms with Gasteiger partial charge in [0, 0.05) is 37.7 Å². The number of fused-ring (bicyclic) bond motifs is 1. The number of hydrogen-bond donors (Lipinski definition) is 1. The first-order chi connectivity index (χ1) is 13.7. The van der Waals surface area contributed by atoms with Crippen LogP contribution in [0.2, 0.25) is 0 Å². The SMILES string of the molecule is CC[C@H]1CN(C(=O)c2ccc3n[nH]nc3c2)CCC(=O)N1Cc1ccccc1. The van der Waals surface area contributed by atoms with Gasteiger partial charge in [-0.25, -0.2) is 0 Å². The minimum absolute atomic E-state index is 0.00469. The maximum Gasteiger partial charge on any atom is 0.254 e. The second-order valence-electron chi connectivity index (χ2n) is 7.10. The largest absolute Gasteiger partial charge is 0.336 e. The molecule has 1 atom stereocenters. The van der Waals surface area contributed by atoms with Crippen LogP contribution < -0.4 is 0 Å². The molecular weight excluding hydrogens is 354 g/mol. The molecule has 1 fully saturated rings. The third-order valence-corrected chi connectivity index (χ3v) is 5.31. The minimum Gasteiger partial charge on any atom is -0.336 e. The molecule has 3 aromatic rings. The molecule has 1 aromatic heterocycles. The maximum atomic E-state index is 13.1. The van der Waals surface area contributed by atoms with Gasteiger partial charge in [0.1, 0.15) is 11.0 Å². The lowest BCUT2D eigenvalue weighted by molar-refractivity contribution is -0.133. The van der Waals surface area contributed by atoms with Gasteiger partial charge in [-0.15, -0.1) is 0 Å². The van der Waals surface area contributed by atoms with Crippen molar-refractivity contribution in [2.24, 2.45) is 0 Å². The number of rotatable bonds is 4. The molecule has 0 saturated carbocycles. The standard InChI is InChI=1S/C21H23N5O2/c1-2-17-14-25(21(28)16-8-9-18-19(12-16)23-24-22-18)11-10-20(27)26(17)13-15-6-4-3-5-7-15/h3-9,12,17H,2,10-11,13-14H2,1H3,(H,22,23,24)/t17-/m0/s1. The highest BCUT2D eigenvalue weighted by atomic mass is 16.2. The molecule has 1 N–H and O–H groups in total. The van der Waals surface area contributed by atoms with E-state index in [9.17, 15) is 9.59 Å². The lowest BCUT2D eigenvalue weighted by Crippen LogP contribution is -2.43. The van der Waals surface area contributed by atoms with Crippen molar-refractivity contribution < 1.29 is 9.59 Å². The number of aromatic amines is 1. The van der Waals surface area contributed by atoms with Crippen LogP contribution in [0.3, 0.4) is 0 Å². The van der Waals surface area contributed by atoms with Crippen LogP contribution in [-0.4, -0.2) is 56.2 Å². The summed E-state index contributed by atoms with van der Waals surface area (Å²) in [5.41, 5.74) is 3.06. The molecule has 0 bridgehead atoms. The summed E-state index contributed by atoms with van der Waals surface area (Å²) in [6.45, 7) is 3.59. The van der Waals surface area contributed by atoms with Crippen molar-refractivity contribution in [3.05, 3.63) is 59.7 Å². The van der Waals surface area contributed by atoms with Crippen LogP contribution in [0.1, 0.15) is 35.7 Å². The summed E-state index contributed by atoms with van der Waals surface area (Å²) in [7, 11) is 0. The van der Waals surface area contributed by atoms with Crippen molar-refractivity contribution in [1.29, 1.82) is 0 Å².